The van der Waals surface area contributed by atoms with Crippen molar-refractivity contribution < 1.29 is 13.3 Å². The molecule has 0 saturated heterocycles. The van der Waals surface area contributed by atoms with Crippen LogP contribution in [0.15, 0.2) is 41.3 Å². The van der Waals surface area contributed by atoms with Gasteiger partial charge in [0.2, 0.25) is 0 Å². The number of rotatable bonds is 4. The normalized spacial score (nSPS) is 11.2. The predicted molar refractivity (Wildman–Crippen MR) is 84.6 cm³/mol. The summed E-state index contributed by atoms with van der Waals surface area (Å²) < 4.78 is 27.2. The Labute approximate surface area is 129 Å². The van der Waals surface area contributed by atoms with Gasteiger partial charge in [-0.3, -0.25) is 14.8 Å². The van der Waals surface area contributed by atoms with Gasteiger partial charge < -0.3 is 0 Å². The number of nitro benzene ring substituents is 1. The number of nitrogens with one attached hydrogen (secondary N) is 1. The van der Waals surface area contributed by atoms with E-state index in [2.05, 4.69) is 4.72 Å². The number of nitrogens with zero attached hydrogens (tertiary/aromatic N) is 1. The van der Waals surface area contributed by atoms with E-state index in [1.165, 1.54) is 24.3 Å². The Morgan fingerprint density at radius 3 is 2.18 bits per heavy atom. The number of hydrogen-bond donors (Lipinski definition) is 1. The number of nitro groups is 1. The van der Waals surface area contributed by atoms with Crippen molar-refractivity contribution in [2.75, 3.05) is 4.72 Å². The molecule has 0 aliphatic rings. The molecule has 7 heteroatoms. The largest absolute Gasteiger partial charge is 0.279 e. The van der Waals surface area contributed by atoms with E-state index in [0.29, 0.717) is 5.56 Å². The van der Waals surface area contributed by atoms with Crippen molar-refractivity contribution in [2.45, 2.75) is 25.7 Å². The molecule has 22 heavy (non-hydrogen) atoms. The van der Waals surface area contributed by atoms with Crippen molar-refractivity contribution in [3.63, 3.8) is 0 Å². The predicted octanol–water partition coefficient (Wildman–Crippen LogP) is 3.32. The summed E-state index contributed by atoms with van der Waals surface area (Å²) in [5, 5.41) is 10.8. The van der Waals surface area contributed by atoms with Gasteiger partial charge in [0.15, 0.2) is 0 Å². The van der Waals surface area contributed by atoms with Gasteiger partial charge in [-0.1, -0.05) is 12.1 Å². The van der Waals surface area contributed by atoms with E-state index in [0.717, 1.165) is 11.1 Å². The topological polar surface area (TPSA) is 89.3 Å². The lowest BCUT2D eigenvalue weighted by atomic mass is 10.1. The summed E-state index contributed by atoms with van der Waals surface area (Å²) in [5.41, 5.74) is 2.50. The molecule has 2 aromatic rings. The first kappa shape index (κ1) is 16.0. The quantitative estimate of drug-likeness (QED) is 0.691. The maximum absolute atomic E-state index is 12.4. The van der Waals surface area contributed by atoms with Crippen LogP contribution in [0.1, 0.15) is 16.7 Å². The molecule has 0 unspecified atom stereocenters. The minimum absolute atomic E-state index is 0.126. The maximum atomic E-state index is 12.4. The summed E-state index contributed by atoms with van der Waals surface area (Å²) in [6.45, 7) is 5.40. The second kappa shape index (κ2) is 5.76. The molecule has 2 aromatic carbocycles. The SMILES string of the molecule is Cc1ccc(S(=O)(=O)Nc2cc([N+](=O)[O-])ccc2C)cc1C. The molecule has 0 amide bonds. The summed E-state index contributed by atoms with van der Waals surface area (Å²) in [5.74, 6) is 0. The van der Waals surface area contributed by atoms with E-state index in [9.17, 15) is 18.5 Å². The Morgan fingerprint density at radius 2 is 1.59 bits per heavy atom. The van der Waals surface area contributed by atoms with Crippen LogP contribution < -0.4 is 4.72 Å². The van der Waals surface area contributed by atoms with E-state index in [1.807, 2.05) is 13.8 Å². The van der Waals surface area contributed by atoms with E-state index in [4.69, 9.17) is 0 Å². The summed E-state index contributed by atoms with van der Waals surface area (Å²) in [4.78, 5) is 10.4. The molecule has 0 bridgehead atoms. The molecule has 0 aromatic heterocycles. The van der Waals surface area contributed by atoms with Crippen LogP contribution in [0.3, 0.4) is 0 Å². The highest BCUT2D eigenvalue weighted by atomic mass is 32.2. The second-order valence-electron chi connectivity index (χ2n) is 5.11. The van der Waals surface area contributed by atoms with Crippen molar-refractivity contribution in [1.29, 1.82) is 0 Å². The third kappa shape index (κ3) is 3.25. The average Bonchev–Trinajstić information content (AvgIpc) is 2.43. The van der Waals surface area contributed by atoms with Crippen molar-refractivity contribution in [3.05, 3.63) is 63.2 Å². The minimum Gasteiger partial charge on any atom is -0.279 e. The second-order valence-corrected chi connectivity index (χ2v) is 6.79. The summed E-state index contributed by atoms with van der Waals surface area (Å²) >= 11 is 0. The average molecular weight is 320 g/mol. The van der Waals surface area contributed by atoms with Gasteiger partial charge in [0.05, 0.1) is 15.5 Å². The summed E-state index contributed by atoms with van der Waals surface area (Å²) in [7, 11) is -3.79. The molecule has 1 N–H and O–H groups in total. The summed E-state index contributed by atoms with van der Waals surface area (Å²) in [6, 6.07) is 8.87. The number of benzene rings is 2. The fourth-order valence-corrected chi connectivity index (χ4v) is 3.12. The fourth-order valence-electron chi connectivity index (χ4n) is 1.92. The highest BCUT2D eigenvalue weighted by Gasteiger charge is 2.18. The third-order valence-electron chi connectivity index (χ3n) is 3.46. The zero-order valence-corrected chi connectivity index (χ0v) is 13.3. The summed E-state index contributed by atoms with van der Waals surface area (Å²) in [6.07, 6.45) is 0. The molecule has 0 radical (unpaired) electrons. The van der Waals surface area contributed by atoms with Gasteiger partial charge in [0.25, 0.3) is 15.7 Å². The molecule has 0 spiro atoms. The highest BCUT2D eigenvalue weighted by Crippen LogP contribution is 2.25. The standard InChI is InChI=1S/C15H16N2O4S/c1-10-5-7-14(8-12(10)3)22(20,21)16-15-9-13(17(18)19)6-4-11(15)2/h4-9,16H,1-3H3. The van der Waals surface area contributed by atoms with Gasteiger partial charge in [-0.05, 0) is 49.6 Å². The molecule has 6 nitrogen and oxygen atoms in total. The molecular formula is C15H16N2O4S. The molecular weight excluding hydrogens is 304 g/mol. The Balaban J connectivity index is 2.42. The van der Waals surface area contributed by atoms with Gasteiger partial charge >= 0.3 is 0 Å². The molecule has 0 atom stereocenters. The Hall–Kier alpha value is -2.41. The molecule has 116 valence electrons. The lowest BCUT2D eigenvalue weighted by Crippen LogP contribution is -2.14. The van der Waals surface area contributed by atoms with Crippen LogP contribution in [-0.4, -0.2) is 13.3 Å². The van der Waals surface area contributed by atoms with Crippen LogP contribution in [0.25, 0.3) is 0 Å². The van der Waals surface area contributed by atoms with Gasteiger partial charge in [-0.2, -0.15) is 0 Å². The molecule has 2 rings (SSSR count). The van der Waals surface area contributed by atoms with E-state index in [-0.39, 0.29) is 16.3 Å². The van der Waals surface area contributed by atoms with E-state index < -0.39 is 14.9 Å². The van der Waals surface area contributed by atoms with Crippen molar-refractivity contribution in [2.24, 2.45) is 0 Å². The first-order valence-electron chi connectivity index (χ1n) is 6.56. The van der Waals surface area contributed by atoms with Crippen LogP contribution >= 0.6 is 0 Å². The number of anilines is 1. The van der Waals surface area contributed by atoms with Crippen molar-refractivity contribution in [1.82, 2.24) is 0 Å². The van der Waals surface area contributed by atoms with Crippen LogP contribution in [0.4, 0.5) is 11.4 Å². The molecule has 0 fully saturated rings. The number of hydrogen-bond acceptors (Lipinski definition) is 4. The first-order valence-corrected chi connectivity index (χ1v) is 8.04. The maximum Gasteiger partial charge on any atom is 0.271 e. The fraction of sp³-hybridized carbons (Fsp3) is 0.200. The number of aryl methyl sites for hydroxylation is 3. The smallest absolute Gasteiger partial charge is 0.271 e. The Bertz CT molecular complexity index is 845. The zero-order chi connectivity index (χ0) is 16.5. The van der Waals surface area contributed by atoms with Crippen LogP contribution in [0.2, 0.25) is 0 Å². The molecule has 0 heterocycles. The lowest BCUT2D eigenvalue weighted by molar-refractivity contribution is -0.384. The van der Waals surface area contributed by atoms with Gasteiger partial charge in [0, 0.05) is 12.1 Å². The van der Waals surface area contributed by atoms with Crippen molar-refractivity contribution >= 4 is 21.4 Å². The van der Waals surface area contributed by atoms with Gasteiger partial charge in [-0.25, -0.2) is 8.42 Å². The first-order chi connectivity index (χ1) is 10.2. The van der Waals surface area contributed by atoms with Crippen LogP contribution in [-0.2, 0) is 10.0 Å². The van der Waals surface area contributed by atoms with E-state index >= 15 is 0 Å². The molecule has 0 saturated carbocycles. The van der Waals surface area contributed by atoms with E-state index in [1.54, 1.807) is 19.1 Å². The number of sulfonamides is 1. The lowest BCUT2D eigenvalue weighted by Gasteiger charge is -2.11. The number of non-ortho nitro benzene ring substituents is 1. The molecule has 0 aliphatic carbocycles. The molecule has 0 aliphatic heterocycles. The van der Waals surface area contributed by atoms with Gasteiger partial charge in [-0.15, -0.1) is 0 Å². The van der Waals surface area contributed by atoms with Gasteiger partial charge in [0.1, 0.15) is 0 Å². The zero-order valence-electron chi connectivity index (χ0n) is 12.5. The Morgan fingerprint density at radius 1 is 0.955 bits per heavy atom. The van der Waals surface area contributed by atoms with Crippen LogP contribution in [0, 0.1) is 30.9 Å². The highest BCUT2D eigenvalue weighted by molar-refractivity contribution is 7.92. The van der Waals surface area contributed by atoms with Crippen molar-refractivity contribution in [3.8, 4) is 0 Å². The van der Waals surface area contributed by atoms with Crippen LogP contribution in [0.5, 0.6) is 0 Å². The monoisotopic (exact) mass is 320 g/mol. The Kier molecular flexibility index (Phi) is 4.18. The third-order valence-corrected chi connectivity index (χ3v) is 4.83. The minimum atomic E-state index is -3.79.